The Labute approximate surface area is 182 Å². The van der Waals surface area contributed by atoms with E-state index in [1.807, 2.05) is 60.7 Å². The number of methoxy groups -OCH3 is 1. The van der Waals surface area contributed by atoms with Crippen molar-refractivity contribution in [2.45, 2.75) is 19.5 Å². The first-order valence-electron chi connectivity index (χ1n) is 10.5. The molecule has 6 heteroatoms. The van der Waals surface area contributed by atoms with Crippen LogP contribution in [0.25, 0.3) is 0 Å². The van der Waals surface area contributed by atoms with Crippen LogP contribution in [-0.2, 0) is 17.9 Å². The van der Waals surface area contributed by atoms with Gasteiger partial charge < -0.3 is 14.8 Å². The second-order valence-electron chi connectivity index (χ2n) is 7.66. The molecule has 0 radical (unpaired) electrons. The molecule has 1 aromatic heterocycles. The second-order valence-corrected chi connectivity index (χ2v) is 7.66. The maximum atomic E-state index is 12.5. The van der Waals surface area contributed by atoms with Gasteiger partial charge in [-0.25, -0.2) is 0 Å². The van der Waals surface area contributed by atoms with E-state index in [4.69, 9.17) is 9.47 Å². The topological polar surface area (TPSA) is 63.7 Å². The van der Waals surface area contributed by atoms with E-state index in [0.29, 0.717) is 18.0 Å². The van der Waals surface area contributed by atoms with E-state index in [1.54, 1.807) is 13.3 Å². The first-order chi connectivity index (χ1) is 15.2. The maximum Gasteiger partial charge on any atom is 0.224 e. The van der Waals surface area contributed by atoms with Crippen LogP contribution in [0.15, 0.2) is 72.9 Å². The van der Waals surface area contributed by atoms with Gasteiger partial charge in [-0.05, 0) is 54.9 Å². The number of hydrogen-bond donors (Lipinski definition) is 1. The van der Waals surface area contributed by atoms with Gasteiger partial charge in [0.05, 0.1) is 25.3 Å². The van der Waals surface area contributed by atoms with Crippen LogP contribution in [0.3, 0.4) is 0 Å². The molecule has 1 fully saturated rings. The molecule has 1 aliphatic heterocycles. The third kappa shape index (κ3) is 5.61. The average Bonchev–Trinajstić information content (AvgIpc) is 3.27. The Morgan fingerprint density at radius 2 is 1.94 bits per heavy atom. The minimum atomic E-state index is 0.0109. The predicted molar refractivity (Wildman–Crippen MR) is 119 cm³/mol. The number of nitrogens with zero attached hydrogens (tertiary/aromatic N) is 2. The number of amides is 1. The predicted octanol–water partition coefficient (Wildman–Crippen LogP) is 4.02. The van der Waals surface area contributed by atoms with E-state index in [0.717, 1.165) is 43.1 Å². The Kier molecular flexibility index (Phi) is 6.79. The number of aromatic nitrogens is 1. The van der Waals surface area contributed by atoms with Crippen molar-refractivity contribution in [3.8, 4) is 17.2 Å². The van der Waals surface area contributed by atoms with Gasteiger partial charge in [0.25, 0.3) is 0 Å². The number of benzene rings is 2. The lowest BCUT2D eigenvalue weighted by atomic mass is 10.1. The third-order valence-electron chi connectivity index (χ3n) is 5.41. The van der Waals surface area contributed by atoms with Crippen LogP contribution in [0.5, 0.6) is 17.2 Å². The van der Waals surface area contributed by atoms with E-state index in [1.165, 1.54) is 0 Å². The van der Waals surface area contributed by atoms with Crippen LogP contribution in [0.4, 0.5) is 0 Å². The zero-order chi connectivity index (χ0) is 21.5. The number of hydrogen-bond acceptors (Lipinski definition) is 5. The lowest BCUT2D eigenvalue weighted by molar-refractivity contribution is -0.124. The summed E-state index contributed by atoms with van der Waals surface area (Å²) in [7, 11) is 1.63. The molecule has 0 spiro atoms. The van der Waals surface area contributed by atoms with Crippen LogP contribution in [0, 0.1) is 5.92 Å². The number of carbonyl (C=O) groups excluding carboxylic acids is 1. The highest BCUT2D eigenvalue weighted by atomic mass is 16.5. The monoisotopic (exact) mass is 417 g/mol. The van der Waals surface area contributed by atoms with Crippen LogP contribution < -0.4 is 14.8 Å². The van der Waals surface area contributed by atoms with Crippen LogP contribution in [0.2, 0.25) is 0 Å². The molecule has 1 saturated heterocycles. The highest BCUT2D eigenvalue weighted by molar-refractivity contribution is 5.79. The molecule has 1 unspecified atom stereocenters. The highest BCUT2D eigenvalue weighted by Crippen LogP contribution is 2.31. The largest absolute Gasteiger partial charge is 0.493 e. The summed E-state index contributed by atoms with van der Waals surface area (Å²) in [5.41, 5.74) is 2.03. The van der Waals surface area contributed by atoms with Crippen LogP contribution in [0.1, 0.15) is 17.7 Å². The summed E-state index contributed by atoms with van der Waals surface area (Å²) in [6.07, 6.45) is 2.61. The molecule has 0 bridgehead atoms. The first kappa shape index (κ1) is 20.9. The van der Waals surface area contributed by atoms with Gasteiger partial charge in [-0.3, -0.25) is 14.7 Å². The molecule has 3 aromatic rings. The summed E-state index contributed by atoms with van der Waals surface area (Å²) >= 11 is 0. The Bertz CT molecular complexity index is 1010. The van der Waals surface area contributed by atoms with Gasteiger partial charge in [-0.2, -0.15) is 0 Å². The quantitative estimate of drug-likeness (QED) is 0.600. The minimum Gasteiger partial charge on any atom is -0.493 e. The van der Waals surface area contributed by atoms with Gasteiger partial charge in [-0.1, -0.05) is 30.3 Å². The van der Waals surface area contributed by atoms with Crippen molar-refractivity contribution in [2.24, 2.45) is 5.92 Å². The van der Waals surface area contributed by atoms with E-state index >= 15 is 0 Å². The van der Waals surface area contributed by atoms with Crippen molar-refractivity contribution in [2.75, 3.05) is 20.2 Å². The van der Waals surface area contributed by atoms with Crippen molar-refractivity contribution in [3.63, 3.8) is 0 Å². The zero-order valence-corrected chi connectivity index (χ0v) is 17.7. The fourth-order valence-corrected chi connectivity index (χ4v) is 3.81. The molecule has 31 heavy (non-hydrogen) atoms. The Hall–Kier alpha value is -3.38. The number of pyridine rings is 1. The third-order valence-corrected chi connectivity index (χ3v) is 5.41. The Morgan fingerprint density at radius 1 is 1.10 bits per heavy atom. The van der Waals surface area contributed by atoms with E-state index in [-0.39, 0.29) is 11.8 Å². The standard InChI is InChI=1S/C25H27N3O3/c1-30-23-10-2-3-11-24(23)31-22-9-6-7-19(15-22)17-28-14-12-20(18-28)25(29)27-16-21-8-4-5-13-26-21/h2-11,13,15,20H,12,14,16-18H2,1H3,(H,27,29). The summed E-state index contributed by atoms with van der Waals surface area (Å²) in [5, 5.41) is 3.01. The van der Waals surface area contributed by atoms with Crippen molar-refractivity contribution < 1.29 is 14.3 Å². The number of likely N-dealkylation sites (tertiary alicyclic amines) is 1. The molecule has 160 valence electrons. The van der Waals surface area contributed by atoms with Gasteiger partial charge in [0.2, 0.25) is 5.91 Å². The number of nitrogens with one attached hydrogen (secondary N) is 1. The fraction of sp³-hybridized carbons (Fsp3) is 0.280. The number of carbonyl (C=O) groups is 1. The molecule has 2 heterocycles. The van der Waals surface area contributed by atoms with Crippen LogP contribution in [-0.4, -0.2) is 36.0 Å². The van der Waals surface area contributed by atoms with Gasteiger partial charge in [0.15, 0.2) is 11.5 Å². The summed E-state index contributed by atoms with van der Waals surface area (Å²) < 4.78 is 11.4. The Balaban J connectivity index is 1.31. The molecule has 2 aromatic carbocycles. The molecule has 0 aliphatic carbocycles. The first-order valence-corrected chi connectivity index (χ1v) is 10.5. The van der Waals surface area contributed by atoms with Crippen molar-refractivity contribution >= 4 is 5.91 Å². The van der Waals surface area contributed by atoms with E-state index in [2.05, 4.69) is 21.3 Å². The SMILES string of the molecule is COc1ccccc1Oc1cccc(CN2CCC(C(=O)NCc3ccccn3)C2)c1. The molecular weight excluding hydrogens is 390 g/mol. The summed E-state index contributed by atoms with van der Waals surface area (Å²) in [6, 6.07) is 21.4. The number of ether oxygens (including phenoxy) is 2. The molecule has 0 saturated carbocycles. The summed E-state index contributed by atoms with van der Waals surface area (Å²) in [5.74, 6) is 2.27. The number of para-hydroxylation sites is 2. The zero-order valence-electron chi connectivity index (χ0n) is 17.7. The summed E-state index contributed by atoms with van der Waals surface area (Å²) in [4.78, 5) is 19.1. The number of rotatable bonds is 8. The van der Waals surface area contributed by atoms with Gasteiger partial charge in [-0.15, -0.1) is 0 Å². The van der Waals surface area contributed by atoms with Crippen LogP contribution >= 0.6 is 0 Å². The molecule has 4 rings (SSSR count). The highest BCUT2D eigenvalue weighted by Gasteiger charge is 2.28. The summed E-state index contributed by atoms with van der Waals surface area (Å²) in [6.45, 7) is 2.91. The van der Waals surface area contributed by atoms with Gasteiger partial charge in [0.1, 0.15) is 5.75 Å². The van der Waals surface area contributed by atoms with E-state index < -0.39 is 0 Å². The lowest BCUT2D eigenvalue weighted by Crippen LogP contribution is -2.32. The normalized spacial score (nSPS) is 16.1. The van der Waals surface area contributed by atoms with Crippen molar-refractivity contribution in [1.82, 2.24) is 15.2 Å². The van der Waals surface area contributed by atoms with Crippen molar-refractivity contribution in [3.05, 3.63) is 84.2 Å². The van der Waals surface area contributed by atoms with E-state index in [9.17, 15) is 4.79 Å². The Morgan fingerprint density at radius 3 is 2.74 bits per heavy atom. The van der Waals surface area contributed by atoms with Crippen molar-refractivity contribution in [1.29, 1.82) is 0 Å². The fourth-order valence-electron chi connectivity index (χ4n) is 3.81. The molecular formula is C25H27N3O3. The maximum absolute atomic E-state index is 12.5. The molecule has 1 N–H and O–H groups in total. The molecule has 1 amide bonds. The van der Waals surface area contributed by atoms with Gasteiger partial charge in [0, 0.05) is 19.3 Å². The average molecular weight is 418 g/mol. The second kappa shape index (κ2) is 10.1. The molecule has 6 nitrogen and oxygen atoms in total. The lowest BCUT2D eigenvalue weighted by Gasteiger charge is -2.17. The smallest absolute Gasteiger partial charge is 0.224 e. The molecule has 1 atom stereocenters. The van der Waals surface area contributed by atoms with Gasteiger partial charge >= 0.3 is 0 Å². The molecule has 1 aliphatic rings. The minimum absolute atomic E-state index is 0.0109.